The molecule has 15 heteroatoms. The van der Waals surface area contributed by atoms with Crippen molar-refractivity contribution in [2.75, 3.05) is 11.9 Å². The Bertz CT molecular complexity index is 1340. The average Bonchev–Trinajstić information content (AvgIpc) is 3.23. The molecule has 6 nitrogen and oxygen atoms in total. The van der Waals surface area contributed by atoms with E-state index in [-0.39, 0.29) is 64.0 Å². The number of alkyl halides is 6. The Morgan fingerprint density at radius 3 is 2.39 bits per heavy atom. The van der Waals surface area contributed by atoms with Crippen LogP contribution in [-0.2, 0) is 0 Å². The first-order chi connectivity index (χ1) is 17.7. The highest BCUT2D eigenvalue weighted by atomic mass is 35.5. The van der Waals surface area contributed by atoms with Crippen molar-refractivity contribution >= 4 is 51.8 Å². The van der Waals surface area contributed by atoms with E-state index in [1.807, 2.05) is 0 Å². The van der Waals surface area contributed by atoms with Gasteiger partial charge in [0, 0.05) is 12.1 Å². The topological polar surface area (TPSA) is 79.0 Å². The molecule has 1 aliphatic rings. The van der Waals surface area contributed by atoms with Crippen molar-refractivity contribution in [2.24, 2.45) is 5.92 Å². The molecule has 1 aliphatic carbocycles. The molecular formula is C23H19Cl2F7N4O2. The Hall–Kier alpha value is -2.93. The van der Waals surface area contributed by atoms with Crippen LogP contribution in [0, 0.1) is 11.7 Å². The lowest BCUT2D eigenvalue weighted by atomic mass is 9.85. The van der Waals surface area contributed by atoms with Crippen LogP contribution in [0.5, 0.6) is 5.75 Å². The summed E-state index contributed by atoms with van der Waals surface area (Å²) < 4.78 is 96.4. The number of carbonyl (C=O) groups excluding carboxylic acids is 1. The van der Waals surface area contributed by atoms with Gasteiger partial charge in [0.1, 0.15) is 11.6 Å². The van der Waals surface area contributed by atoms with Crippen LogP contribution in [0.4, 0.5) is 42.4 Å². The second kappa shape index (κ2) is 10.7. The number of ether oxygens (including phenoxy) is 1. The minimum Gasteiger partial charge on any atom is -0.483 e. The molecule has 0 bridgehead atoms. The van der Waals surface area contributed by atoms with Gasteiger partial charge in [0.15, 0.2) is 6.61 Å². The molecule has 0 spiro atoms. The minimum atomic E-state index is -4.71. The van der Waals surface area contributed by atoms with Crippen molar-refractivity contribution in [3.8, 4) is 5.75 Å². The Balaban J connectivity index is 1.60. The van der Waals surface area contributed by atoms with E-state index in [4.69, 9.17) is 27.9 Å². The molecule has 1 heterocycles. The first kappa shape index (κ1) is 28.1. The second-order valence-electron chi connectivity index (χ2n) is 8.76. The molecule has 1 amide bonds. The number of halogens is 9. The highest BCUT2D eigenvalue weighted by Gasteiger charge is 2.41. The number of nitrogens with zero attached hydrogens (tertiary/aromatic N) is 1. The zero-order chi connectivity index (χ0) is 27.8. The van der Waals surface area contributed by atoms with Gasteiger partial charge in [-0.15, -0.1) is 0 Å². The normalized spacial score (nSPS) is 18.4. The van der Waals surface area contributed by atoms with Gasteiger partial charge in [-0.3, -0.25) is 4.79 Å². The zero-order valence-electron chi connectivity index (χ0n) is 19.2. The summed E-state index contributed by atoms with van der Waals surface area (Å²) in [4.78, 5) is 19.9. The lowest BCUT2D eigenvalue weighted by molar-refractivity contribution is -0.182. The number of aromatic amines is 1. The Kier molecular flexibility index (Phi) is 7.89. The number of nitrogens with one attached hydrogen (secondary N) is 3. The Morgan fingerprint density at radius 1 is 1.08 bits per heavy atom. The molecule has 3 aromatic rings. The SMILES string of the molecule is O=C(NC1CCC(C(F)(F)F)CC1)c1cc2nc(Nc3c(F)ccc(Cl)c3Cl)[nH]c2cc1OCC(F)(F)F. The molecule has 4 rings (SSSR count). The number of carbonyl (C=O) groups is 1. The largest absolute Gasteiger partial charge is 0.483 e. The van der Waals surface area contributed by atoms with E-state index in [2.05, 4.69) is 20.6 Å². The van der Waals surface area contributed by atoms with Crippen molar-refractivity contribution in [3.63, 3.8) is 0 Å². The predicted molar refractivity (Wildman–Crippen MR) is 127 cm³/mol. The number of hydrogen-bond acceptors (Lipinski definition) is 4. The van der Waals surface area contributed by atoms with Gasteiger partial charge in [0.05, 0.1) is 38.2 Å². The fourth-order valence-electron chi connectivity index (χ4n) is 4.14. The predicted octanol–water partition coefficient (Wildman–Crippen LogP) is 7.54. The fraction of sp³-hybridized carbons (Fsp3) is 0.391. The highest BCUT2D eigenvalue weighted by molar-refractivity contribution is 6.43. The maximum absolute atomic E-state index is 14.2. The number of hydrogen-bond donors (Lipinski definition) is 3. The number of amides is 1. The summed E-state index contributed by atoms with van der Waals surface area (Å²) in [6.07, 6.45) is -9.29. The third kappa shape index (κ3) is 6.55. The van der Waals surface area contributed by atoms with Gasteiger partial charge >= 0.3 is 12.4 Å². The average molecular weight is 587 g/mol. The van der Waals surface area contributed by atoms with Crippen molar-refractivity contribution in [1.29, 1.82) is 0 Å². The fourth-order valence-corrected chi connectivity index (χ4v) is 4.50. The van der Waals surface area contributed by atoms with Gasteiger partial charge in [-0.05, 0) is 43.9 Å². The van der Waals surface area contributed by atoms with E-state index < -0.39 is 48.4 Å². The van der Waals surface area contributed by atoms with Gasteiger partial charge in [0.2, 0.25) is 5.95 Å². The molecule has 2 aromatic carbocycles. The van der Waals surface area contributed by atoms with Crippen LogP contribution in [-0.4, -0.2) is 40.9 Å². The van der Waals surface area contributed by atoms with E-state index in [0.29, 0.717) is 0 Å². The lowest BCUT2D eigenvalue weighted by Crippen LogP contribution is -2.40. The molecule has 0 saturated heterocycles. The van der Waals surface area contributed by atoms with Gasteiger partial charge in [-0.1, -0.05) is 23.2 Å². The van der Waals surface area contributed by atoms with E-state index in [9.17, 15) is 35.5 Å². The third-order valence-corrected chi connectivity index (χ3v) is 6.84. The molecule has 1 saturated carbocycles. The standard InChI is InChI=1S/C23H19Cl2F7N4O2/c24-13-5-6-14(26)19(18(13)25)36-21-34-15-7-12(17(8-16(15)35-21)38-9-22(27,28)29)20(37)33-11-3-1-10(2-4-11)23(30,31)32/h5-8,10-11H,1-4,9H2,(H,33,37)(H2,34,35,36). The summed E-state index contributed by atoms with van der Waals surface area (Å²) in [6, 6.07) is 3.98. The molecular weight excluding hydrogens is 568 g/mol. The number of aromatic nitrogens is 2. The maximum atomic E-state index is 14.2. The van der Waals surface area contributed by atoms with Crippen molar-refractivity contribution in [2.45, 2.75) is 44.1 Å². The highest BCUT2D eigenvalue weighted by Crippen LogP contribution is 2.38. The van der Waals surface area contributed by atoms with E-state index >= 15 is 0 Å². The Morgan fingerprint density at radius 2 is 1.76 bits per heavy atom. The van der Waals surface area contributed by atoms with Crippen molar-refractivity contribution in [1.82, 2.24) is 15.3 Å². The van der Waals surface area contributed by atoms with Crippen LogP contribution in [0.3, 0.4) is 0 Å². The summed E-state index contributed by atoms with van der Waals surface area (Å²) in [5.41, 5.74) is -0.259. The minimum absolute atomic E-state index is 0.0535. The van der Waals surface area contributed by atoms with Crippen LogP contribution >= 0.6 is 23.2 Å². The first-order valence-electron chi connectivity index (χ1n) is 11.2. The van der Waals surface area contributed by atoms with Crippen LogP contribution in [0.1, 0.15) is 36.0 Å². The lowest BCUT2D eigenvalue weighted by Gasteiger charge is -2.30. The van der Waals surface area contributed by atoms with Gasteiger partial charge < -0.3 is 20.4 Å². The summed E-state index contributed by atoms with van der Waals surface area (Å²) in [5.74, 6) is -3.55. The summed E-state index contributed by atoms with van der Waals surface area (Å²) in [5, 5.41) is 5.10. The van der Waals surface area contributed by atoms with E-state index in [1.165, 1.54) is 6.07 Å². The summed E-state index contributed by atoms with van der Waals surface area (Å²) in [6.45, 7) is -1.70. The molecule has 0 radical (unpaired) electrons. The second-order valence-corrected chi connectivity index (χ2v) is 9.55. The van der Waals surface area contributed by atoms with Gasteiger partial charge in [-0.25, -0.2) is 9.37 Å². The number of rotatable bonds is 6. The van der Waals surface area contributed by atoms with Crippen LogP contribution in [0.2, 0.25) is 10.0 Å². The number of benzene rings is 2. The molecule has 0 unspecified atom stereocenters. The molecule has 38 heavy (non-hydrogen) atoms. The third-order valence-electron chi connectivity index (χ3n) is 6.03. The number of anilines is 2. The molecule has 0 aliphatic heterocycles. The molecule has 206 valence electrons. The maximum Gasteiger partial charge on any atom is 0.422 e. The molecule has 1 fully saturated rings. The number of imidazole rings is 1. The van der Waals surface area contributed by atoms with Crippen LogP contribution in [0.15, 0.2) is 24.3 Å². The van der Waals surface area contributed by atoms with Gasteiger partial charge in [-0.2, -0.15) is 26.3 Å². The smallest absolute Gasteiger partial charge is 0.422 e. The number of fused-ring (bicyclic) bond motifs is 1. The first-order valence-corrected chi connectivity index (χ1v) is 12.0. The van der Waals surface area contributed by atoms with E-state index in [0.717, 1.165) is 18.2 Å². The summed E-state index contributed by atoms with van der Waals surface area (Å²) >= 11 is 11.9. The Labute approximate surface area is 220 Å². The molecule has 1 aromatic heterocycles. The summed E-state index contributed by atoms with van der Waals surface area (Å²) in [7, 11) is 0. The van der Waals surface area contributed by atoms with E-state index in [1.54, 1.807) is 0 Å². The van der Waals surface area contributed by atoms with Crippen LogP contribution in [0.25, 0.3) is 11.0 Å². The van der Waals surface area contributed by atoms with Crippen molar-refractivity contribution in [3.05, 3.63) is 45.7 Å². The van der Waals surface area contributed by atoms with Crippen LogP contribution < -0.4 is 15.4 Å². The number of H-pyrrole nitrogens is 1. The monoisotopic (exact) mass is 586 g/mol. The van der Waals surface area contributed by atoms with Crippen molar-refractivity contribution < 1.29 is 40.3 Å². The quantitative estimate of drug-likeness (QED) is 0.206. The molecule has 0 atom stereocenters. The zero-order valence-corrected chi connectivity index (χ0v) is 20.7. The van der Waals surface area contributed by atoms with Gasteiger partial charge in [0.25, 0.3) is 5.91 Å². The molecule has 3 N–H and O–H groups in total.